The highest BCUT2D eigenvalue weighted by atomic mass is 19.1. The fourth-order valence-corrected chi connectivity index (χ4v) is 0.571. The van der Waals surface area contributed by atoms with Gasteiger partial charge in [0.05, 0.1) is 12.9 Å². The van der Waals surface area contributed by atoms with Crippen LogP contribution in [-0.2, 0) is 4.74 Å². The third-order valence-corrected chi connectivity index (χ3v) is 1.23. The largest absolute Gasteiger partial charge is 0.381 e. The molecule has 2 nitrogen and oxygen atoms in total. The van der Waals surface area contributed by atoms with Gasteiger partial charge in [-0.25, -0.2) is 4.39 Å². The third kappa shape index (κ3) is 5.76. The number of hydrogen-bond donors (Lipinski definition) is 1. The van der Waals surface area contributed by atoms with Gasteiger partial charge in [0.25, 0.3) is 0 Å². The molecule has 0 saturated heterocycles. The fourth-order valence-electron chi connectivity index (χ4n) is 0.571. The Morgan fingerprint density at radius 1 is 1.55 bits per heavy atom. The maximum atomic E-state index is 11.9. The molecular weight excluding hydrogens is 145 g/mol. The molecular formula is C8H14FNO. The van der Waals surface area contributed by atoms with Crippen LogP contribution >= 0.6 is 0 Å². The molecule has 0 aliphatic rings. The number of nitrogens with two attached hydrogens (primary N) is 1. The first-order chi connectivity index (χ1) is 5.35. The molecule has 0 unspecified atom stereocenters. The van der Waals surface area contributed by atoms with Crippen molar-refractivity contribution >= 4 is 0 Å². The summed E-state index contributed by atoms with van der Waals surface area (Å²) in [6.45, 7) is 0.831. The van der Waals surface area contributed by atoms with Crippen molar-refractivity contribution in [3.8, 4) is 0 Å². The molecule has 0 spiro atoms. The van der Waals surface area contributed by atoms with Gasteiger partial charge in [0.1, 0.15) is 0 Å². The number of allylic oxidation sites excluding steroid dienone is 1. The van der Waals surface area contributed by atoms with Gasteiger partial charge in [-0.3, -0.25) is 0 Å². The first kappa shape index (κ1) is 10.3. The zero-order chi connectivity index (χ0) is 8.53. The van der Waals surface area contributed by atoms with E-state index in [4.69, 9.17) is 10.5 Å². The maximum absolute atomic E-state index is 11.9. The van der Waals surface area contributed by atoms with Crippen LogP contribution in [0.5, 0.6) is 0 Å². The Hall–Kier alpha value is -0.670. The molecule has 0 heterocycles. The number of ether oxygens (including phenoxy) is 1. The molecule has 64 valence electrons. The average Bonchev–Trinajstić information content (AvgIpc) is 2.05. The van der Waals surface area contributed by atoms with Crippen molar-refractivity contribution in [2.75, 3.05) is 20.3 Å². The molecule has 0 bridgehead atoms. The number of rotatable bonds is 5. The van der Waals surface area contributed by atoms with E-state index < -0.39 is 0 Å². The van der Waals surface area contributed by atoms with Gasteiger partial charge in [0, 0.05) is 13.7 Å². The van der Waals surface area contributed by atoms with E-state index in [0.717, 1.165) is 0 Å². The summed E-state index contributed by atoms with van der Waals surface area (Å²) in [4.78, 5) is 0. The van der Waals surface area contributed by atoms with E-state index in [-0.39, 0.29) is 6.54 Å². The van der Waals surface area contributed by atoms with Crippen LogP contribution in [0.2, 0.25) is 0 Å². The summed E-state index contributed by atoms with van der Waals surface area (Å²) in [5.41, 5.74) is 5.82. The van der Waals surface area contributed by atoms with Crippen molar-refractivity contribution in [1.29, 1.82) is 0 Å². The van der Waals surface area contributed by atoms with Crippen molar-refractivity contribution in [2.45, 2.75) is 6.42 Å². The van der Waals surface area contributed by atoms with Gasteiger partial charge >= 0.3 is 0 Å². The Labute approximate surface area is 66.5 Å². The van der Waals surface area contributed by atoms with Gasteiger partial charge in [-0.05, 0) is 12.0 Å². The van der Waals surface area contributed by atoms with Crippen LogP contribution < -0.4 is 5.73 Å². The number of halogens is 1. The minimum absolute atomic E-state index is 0.272. The lowest BCUT2D eigenvalue weighted by atomic mass is 10.2. The van der Waals surface area contributed by atoms with Crippen LogP contribution in [0.4, 0.5) is 4.39 Å². The molecule has 0 aliphatic heterocycles. The van der Waals surface area contributed by atoms with Gasteiger partial charge in [-0.15, -0.1) is 0 Å². The average molecular weight is 159 g/mol. The van der Waals surface area contributed by atoms with E-state index in [2.05, 4.69) is 0 Å². The second-order valence-electron chi connectivity index (χ2n) is 2.10. The molecule has 0 aliphatic carbocycles. The van der Waals surface area contributed by atoms with Gasteiger partial charge in [0.15, 0.2) is 0 Å². The van der Waals surface area contributed by atoms with Crippen molar-refractivity contribution in [1.82, 2.24) is 0 Å². The molecule has 0 radical (unpaired) electrons. The van der Waals surface area contributed by atoms with Gasteiger partial charge < -0.3 is 10.5 Å². The predicted octanol–water partition coefficient (Wildman–Crippen LogP) is 1.39. The second-order valence-corrected chi connectivity index (χ2v) is 2.10. The van der Waals surface area contributed by atoms with Crippen LogP contribution in [0.1, 0.15) is 6.42 Å². The highest BCUT2D eigenvalue weighted by Gasteiger charge is 1.88. The van der Waals surface area contributed by atoms with E-state index in [9.17, 15) is 4.39 Å². The Morgan fingerprint density at radius 3 is 2.73 bits per heavy atom. The molecule has 0 fully saturated rings. The highest BCUT2D eigenvalue weighted by molar-refractivity contribution is 5.05. The van der Waals surface area contributed by atoms with Gasteiger partial charge in [-0.2, -0.15) is 0 Å². The van der Waals surface area contributed by atoms with Crippen LogP contribution in [0, 0.1) is 0 Å². The first-order valence-electron chi connectivity index (χ1n) is 3.47. The minimum Gasteiger partial charge on any atom is -0.381 e. The summed E-state index contributed by atoms with van der Waals surface area (Å²) < 4.78 is 16.6. The van der Waals surface area contributed by atoms with Crippen molar-refractivity contribution in [3.05, 3.63) is 24.1 Å². The van der Waals surface area contributed by atoms with E-state index >= 15 is 0 Å². The summed E-state index contributed by atoms with van der Waals surface area (Å²) in [6.07, 6.45) is 4.79. The van der Waals surface area contributed by atoms with E-state index in [1.165, 1.54) is 0 Å². The molecule has 2 N–H and O–H groups in total. The fraction of sp³-hybridized carbons (Fsp3) is 0.500. The summed E-state index contributed by atoms with van der Waals surface area (Å²) in [5, 5.41) is 0. The molecule has 3 heteroatoms. The minimum atomic E-state index is 0.272. The van der Waals surface area contributed by atoms with Crippen molar-refractivity contribution in [2.24, 2.45) is 5.73 Å². The van der Waals surface area contributed by atoms with Crippen molar-refractivity contribution < 1.29 is 9.13 Å². The molecule has 11 heavy (non-hydrogen) atoms. The lowest BCUT2D eigenvalue weighted by Gasteiger charge is -1.95. The van der Waals surface area contributed by atoms with Crippen LogP contribution in [-0.4, -0.2) is 20.3 Å². The molecule has 0 rings (SSSR count). The topological polar surface area (TPSA) is 35.2 Å². The Bertz CT molecular complexity index is 143. The predicted molar refractivity (Wildman–Crippen MR) is 43.9 cm³/mol. The molecule has 0 atom stereocenters. The van der Waals surface area contributed by atoms with Gasteiger partial charge in [0.2, 0.25) is 0 Å². The lowest BCUT2D eigenvalue weighted by Crippen LogP contribution is -2.01. The summed E-state index contributed by atoms with van der Waals surface area (Å²) in [5.74, 6) is 0. The zero-order valence-electron chi connectivity index (χ0n) is 6.72. The normalized spacial score (nSPS) is 12.8. The first-order valence-corrected chi connectivity index (χ1v) is 3.47. The van der Waals surface area contributed by atoms with Crippen LogP contribution in [0.25, 0.3) is 0 Å². The van der Waals surface area contributed by atoms with Crippen molar-refractivity contribution in [3.63, 3.8) is 0 Å². The molecule has 0 saturated carbocycles. The molecule has 0 aromatic rings. The number of methoxy groups -OCH3 is 1. The highest BCUT2D eigenvalue weighted by Crippen LogP contribution is 1.99. The van der Waals surface area contributed by atoms with E-state index in [0.29, 0.717) is 24.9 Å². The summed E-state index contributed by atoms with van der Waals surface area (Å²) in [6, 6.07) is 0. The summed E-state index contributed by atoms with van der Waals surface area (Å²) in [7, 11) is 1.61. The maximum Gasteiger partial charge on any atom is 0.0874 e. The Kier molecular flexibility index (Phi) is 6.98. The SMILES string of the molecule is COCC=CCC(=CF)CN. The Balaban J connectivity index is 3.50. The zero-order valence-corrected chi connectivity index (χ0v) is 6.72. The van der Waals surface area contributed by atoms with Crippen LogP contribution in [0.15, 0.2) is 24.1 Å². The molecule has 0 amide bonds. The monoisotopic (exact) mass is 159 g/mol. The summed E-state index contributed by atoms with van der Waals surface area (Å²) >= 11 is 0. The molecule has 0 aromatic carbocycles. The van der Waals surface area contributed by atoms with Gasteiger partial charge in [-0.1, -0.05) is 12.2 Å². The second kappa shape index (κ2) is 7.44. The molecule has 0 aromatic heterocycles. The number of hydrogen-bond acceptors (Lipinski definition) is 2. The van der Waals surface area contributed by atoms with E-state index in [1.54, 1.807) is 7.11 Å². The lowest BCUT2D eigenvalue weighted by molar-refractivity contribution is 0.233. The smallest absolute Gasteiger partial charge is 0.0874 e. The third-order valence-electron chi connectivity index (χ3n) is 1.23. The van der Waals surface area contributed by atoms with Crippen LogP contribution in [0.3, 0.4) is 0 Å². The van der Waals surface area contributed by atoms with E-state index in [1.807, 2.05) is 12.2 Å². The quantitative estimate of drug-likeness (QED) is 0.615. The Morgan fingerprint density at radius 2 is 2.27 bits per heavy atom. The standard InChI is InChI=1S/C8H14FNO/c1-11-5-3-2-4-8(6-9)7-10/h2-3,6H,4-5,7,10H2,1H3.